The molecule has 5 atom stereocenters. The lowest BCUT2D eigenvalue weighted by Gasteiger charge is -2.26. The van der Waals surface area contributed by atoms with E-state index in [2.05, 4.69) is 17.2 Å². The Morgan fingerprint density at radius 3 is 2.54 bits per heavy atom. The minimum absolute atomic E-state index is 0.0937. The summed E-state index contributed by atoms with van der Waals surface area (Å²) in [5, 5.41) is 16.4. The highest BCUT2D eigenvalue weighted by atomic mass is 16.6. The van der Waals surface area contributed by atoms with Gasteiger partial charge >= 0.3 is 6.09 Å². The third-order valence-electron chi connectivity index (χ3n) is 6.77. The Labute approximate surface area is 240 Å². The second kappa shape index (κ2) is 15.7. The van der Waals surface area contributed by atoms with Crippen molar-refractivity contribution in [3.63, 3.8) is 0 Å². The molecule has 2 amide bonds. The van der Waals surface area contributed by atoms with E-state index in [1.807, 2.05) is 13.8 Å². The van der Waals surface area contributed by atoms with E-state index in [-0.39, 0.29) is 59.2 Å². The Morgan fingerprint density at radius 1 is 1.22 bits per heavy atom. The SMILES string of the molecule is C=CCNC1=C2C[C@@H](C)C[C@H](OC)C[C@@H](C)/C=C(\O)[C@H](OC(N)=O)[C@@H](OC)/C=C\C=C(/C)C(=O)NC(=CC1=O)C2=O. The van der Waals surface area contributed by atoms with Crippen molar-refractivity contribution in [2.24, 2.45) is 17.6 Å². The zero-order chi connectivity index (χ0) is 30.7. The highest BCUT2D eigenvalue weighted by molar-refractivity contribution is 6.23. The minimum atomic E-state index is -1.23. The number of ether oxygens (including phenoxy) is 3. The van der Waals surface area contributed by atoms with E-state index in [0.717, 1.165) is 6.08 Å². The number of fused-ring (bicyclic) bond motifs is 2. The zero-order valence-corrected chi connectivity index (χ0v) is 24.3. The highest BCUT2D eigenvalue weighted by Gasteiger charge is 2.32. The van der Waals surface area contributed by atoms with E-state index in [9.17, 15) is 24.3 Å². The van der Waals surface area contributed by atoms with Gasteiger partial charge < -0.3 is 35.7 Å². The molecule has 11 nitrogen and oxygen atoms in total. The topological polar surface area (TPSA) is 166 Å². The van der Waals surface area contributed by atoms with Crippen molar-refractivity contribution in [3.8, 4) is 0 Å². The molecule has 2 bridgehead atoms. The van der Waals surface area contributed by atoms with Gasteiger partial charge in [-0.05, 0) is 44.1 Å². The number of Topliss-reactive ketones (excluding diaryl/α,β-unsaturated/α-hetero) is 1. The Bertz CT molecular complexity index is 1180. The third-order valence-corrected chi connectivity index (χ3v) is 6.77. The first kappa shape index (κ1) is 33.2. The molecule has 41 heavy (non-hydrogen) atoms. The van der Waals surface area contributed by atoms with Gasteiger partial charge in [-0.2, -0.15) is 0 Å². The van der Waals surface area contributed by atoms with Crippen LogP contribution in [-0.2, 0) is 28.6 Å². The Morgan fingerprint density at radius 2 is 1.93 bits per heavy atom. The van der Waals surface area contributed by atoms with Crippen LogP contribution in [0.5, 0.6) is 0 Å². The van der Waals surface area contributed by atoms with Crippen LogP contribution >= 0.6 is 0 Å². The summed E-state index contributed by atoms with van der Waals surface area (Å²) < 4.78 is 16.3. The van der Waals surface area contributed by atoms with Gasteiger partial charge in [0.05, 0.1) is 17.5 Å². The molecule has 0 aromatic heterocycles. The maximum absolute atomic E-state index is 13.5. The largest absolute Gasteiger partial charge is 0.509 e. The van der Waals surface area contributed by atoms with Crippen LogP contribution < -0.4 is 16.4 Å². The van der Waals surface area contributed by atoms with Crippen LogP contribution in [0, 0.1) is 11.8 Å². The molecular formula is C30H41N3O8. The predicted octanol–water partition coefficient (Wildman–Crippen LogP) is 3.06. The molecule has 0 saturated carbocycles. The van der Waals surface area contributed by atoms with Crippen LogP contribution in [0.15, 0.2) is 71.3 Å². The summed E-state index contributed by atoms with van der Waals surface area (Å²) in [6, 6.07) is 0. The molecule has 11 heteroatoms. The third kappa shape index (κ3) is 9.58. The first-order chi connectivity index (χ1) is 19.4. The molecule has 224 valence electrons. The standard InChI is InChI=1S/C30H41N3O8/c1-7-11-32-26-21-14-17(2)12-20(39-5)13-18(3)15-24(35)28(41-30(31)38)25(40-6)10-8-9-19(4)29(37)33-22(27(21)36)16-23(26)34/h7-10,15-18,20,25,28,32,35H,1,11-14H2,2-6H3,(H2,31,38)(H,33,37)/b10-8-,19-9+,24-15-/t17-,18+,20-,25-,28-/m0/s1. The van der Waals surface area contributed by atoms with Crippen LogP contribution in [0.3, 0.4) is 0 Å². The summed E-state index contributed by atoms with van der Waals surface area (Å²) in [5.41, 5.74) is 5.81. The summed E-state index contributed by atoms with van der Waals surface area (Å²) in [5.74, 6) is -2.01. The average Bonchev–Trinajstić information content (AvgIpc) is 2.91. The van der Waals surface area contributed by atoms with Crippen molar-refractivity contribution in [1.29, 1.82) is 0 Å². The van der Waals surface area contributed by atoms with Crippen LogP contribution in [0.1, 0.15) is 40.0 Å². The number of nitrogens with one attached hydrogen (secondary N) is 2. The number of aliphatic hydroxyl groups excluding tert-OH is 1. The number of hydrogen-bond donors (Lipinski definition) is 4. The molecule has 0 unspecified atom stereocenters. The lowest BCUT2D eigenvalue weighted by atomic mass is 9.86. The summed E-state index contributed by atoms with van der Waals surface area (Å²) in [6.07, 6.45) is 6.43. The normalized spacial score (nSPS) is 30.2. The monoisotopic (exact) mass is 571 g/mol. The fraction of sp³-hybridized carbons (Fsp3) is 0.467. The molecule has 1 heterocycles. The van der Waals surface area contributed by atoms with Crippen LogP contribution in [-0.4, -0.2) is 67.7 Å². The van der Waals surface area contributed by atoms with Gasteiger partial charge in [-0.3, -0.25) is 14.4 Å². The van der Waals surface area contributed by atoms with E-state index in [1.165, 1.54) is 32.3 Å². The highest BCUT2D eigenvalue weighted by Crippen LogP contribution is 2.28. The lowest BCUT2D eigenvalue weighted by molar-refractivity contribution is -0.120. The van der Waals surface area contributed by atoms with Crippen molar-refractivity contribution in [2.75, 3.05) is 20.8 Å². The Hall–Kier alpha value is -3.96. The van der Waals surface area contributed by atoms with E-state index >= 15 is 0 Å². The van der Waals surface area contributed by atoms with E-state index in [4.69, 9.17) is 19.9 Å². The second-order valence-corrected chi connectivity index (χ2v) is 10.2. The maximum atomic E-state index is 13.5. The van der Waals surface area contributed by atoms with Crippen molar-refractivity contribution < 1.29 is 38.5 Å². The quantitative estimate of drug-likeness (QED) is 0.277. The molecule has 0 aromatic rings. The van der Waals surface area contributed by atoms with Crippen molar-refractivity contribution in [3.05, 3.63) is 71.3 Å². The van der Waals surface area contributed by atoms with Crippen molar-refractivity contribution in [2.45, 2.75) is 58.3 Å². The molecule has 2 rings (SSSR count). The van der Waals surface area contributed by atoms with Gasteiger partial charge in [0.25, 0.3) is 5.91 Å². The first-order valence-corrected chi connectivity index (χ1v) is 13.4. The first-order valence-electron chi connectivity index (χ1n) is 13.4. The molecular weight excluding hydrogens is 530 g/mol. The minimum Gasteiger partial charge on any atom is -0.509 e. The van der Waals surface area contributed by atoms with Crippen molar-refractivity contribution in [1.82, 2.24) is 10.6 Å². The molecule has 0 radical (unpaired) electrons. The number of methoxy groups -OCH3 is 2. The smallest absolute Gasteiger partial charge is 0.405 e. The fourth-order valence-corrected chi connectivity index (χ4v) is 4.72. The summed E-state index contributed by atoms with van der Waals surface area (Å²) in [4.78, 5) is 51.0. The summed E-state index contributed by atoms with van der Waals surface area (Å²) in [6.45, 7) is 9.29. The molecule has 0 fully saturated rings. The number of ketones is 2. The van der Waals surface area contributed by atoms with Gasteiger partial charge in [-0.1, -0.05) is 38.2 Å². The number of nitrogens with two attached hydrogens (primary N) is 1. The number of rotatable bonds is 6. The Kier molecular flexibility index (Phi) is 12.8. The number of carbonyl (C=O) groups excluding carboxylic acids is 4. The summed E-state index contributed by atoms with van der Waals surface area (Å²) in [7, 11) is 2.94. The average molecular weight is 572 g/mol. The number of hydrogen-bond acceptors (Lipinski definition) is 9. The number of carbonyl (C=O) groups is 4. The van der Waals surface area contributed by atoms with E-state index in [1.54, 1.807) is 19.3 Å². The van der Waals surface area contributed by atoms with Crippen molar-refractivity contribution >= 4 is 23.6 Å². The van der Waals surface area contributed by atoms with Gasteiger partial charge in [0.1, 0.15) is 11.9 Å². The molecule has 2 aliphatic rings. The van der Waals surface area contributed by atoms with Gasteiger partial charge in [0, 0.05) is 38.0 Å². The molecule has 0 spiro atoms. The summed E-state index contributed by atoms with van der Waals surface area (Å²) >= 11 is 0. The second-order valence-electron chi connectivity index (χ2n) is 10.2. The van der Waals surface area contributed by atoms with Gasteiger partial charge in [-0.25, -0.2) is 4.79 Å². The van der Waals surface area contributed by atoms with Crippen LogP contribution in [0.4, 0.5) is 4.79 Å². The van der Waals surface area contributed by atoms with E-state index < -0.39 is 35.8 Å². The number of amides is 2. The predicted molar refractivity (Wildman–Crippen MR) is 153 cm³/mol. The Balaban J connectivity index is 2.57. The molecule has 1 aliphatic heterocycles. The molecule has 1 aliphatic carbocycles. The number of primary amides is 1. The van der Waals surface area contributed by atoms with E-state index in [0.29, 0.717) is 12.8 Å². The fourth-order valence-electron chi connectivity index (χ4n) is 4.72. The number of allylic oxidation sites excluding steroid dienone is 5. The van der Waals surface area contributed by atoms with Gasteiger partial charge in [0.2, 0.25) is 11.6 Å². The van der Waals surface area contributed by atoms with Crippen LogP contribution in [0.25, 0.3) is 0 Å². The van der Waals surface area contributed by atoms with Gasteiger partial charge in [-0.15, -0.1) is 6.58 Å². The molecule has 0 saturated heterocycles. The lowest BCUT2D eigenvalue weighted by Crippen LogP contribution is -2.36. The van der Waals surface area contributed by atoms with Gasteiger partial charge in [0.15, 0.2) is 6.10 Å². The zero-order valence-electron chi connectivity index (χ0n) is 24.3. The molecule has 5 N–H and O–H groups in total. The maximum Gasteiger partial charge on any atom is 0.405 e. The van der Waals surface area contributed by atoms with Crippen LogP contribution in [0.2, 0.25) is 0 Å². The number of aliphatic hydroxyl groups is 1. The molecule has 0 aromatic carbocycles.